The number of ether oxygens (including phenoxy) is 1. The molecule has 4 nitrogen and oxygen atoms in total. The summed E-state index contributed by atoms with van der Waals surface area (Å²) in [6.07, 6.45) is 0.727. The van der Waals surface area contributed by atoms with Crippen LogP contribution in [0.3, 0.4) is 0 Å². The van der Waals surface area contributed by atoms with Crippen molar-refractivity contribution in [1.82, 2.24) is 5.32 Å². The van der Waals surface area contributed by atoms with Gasteiger partial charge in [0.25, 0.3) is 0 Å². The van der Waals surface area contributed by atoms with E-state index in [1.54, 1.807) is 4.90 Å². The van der Waals surface area contributed by atoms with Gasteiger partial charge in [0, 0.05) is 17.7 Å². The number of rotatable bonds is 1. The van der Waals surface area contributed by atoms with Crippen molar-refractivity contribution in [2.75, 3.05) is 4.90 Å². The lowest BCUT2D eigenvalue weighted by molar-refractivity contribution is 0.0379. The minimum Gasteiger partial charge on any atom is -0.467 e. The van der Waals surface area contributed by atoms with Gasteiger partial charge in [-0.2, -0.15) is 0 Å². The van der Waals surface area contributed by atoms with Crippen LogP contribution >= 0.6 is 0 Å². The number of carbonyl (C=O) groups excluding carboxylic acids is 1. The molecule has 21 heavy (non-hydrogen) atoms. The van der Waals surface area contributed by atoms with Gasteiger partial charge in [-0.05, 0) is 25.1 Å². The van der Waals surface area contributed by atoms with Crippen LogP contribution in [0.25, 0.3) is 0 Å². The lowest BCUT2D eigenvalue weighted by atomic mass is 9.90. The first kappa shape index (κ1) is 12.3. The zero-order valence-corrected chi connectivity index (χ0v) is 11.7. The maximum Gasteiger partial charge on any atom is 0.325 e. The van der Waals surface area contributed by atoms with Crippen molar-refractivity contribution in [2.45, 2.75) is 25.1 Å². The van der Waals surface area contributed by atoms with Gasteiger partial charge in [-0.15, -0.1) is 0 Å². The normalized spacial score (nSPS) is 26.6. The number of nitrogens with zero attached hydrogens (tertiary/aromatic N) is 1. The van der Waals surface area contributed by atoms with Crippen molar-refractivity contribution in [3.05, 3.63) is 60.2 Å². The highest BCUT2D eigenvalue weighted by atomic mass is 16.5. The summed E-state index contributed by atoms with van der Waals surface area (Å²) in [5, 5.41) is 3.08. The van der Waals surface area contributed by atoms with Crippen molar-refractivity contribution in [3.63, 3.8) is 0 Å². The van der Waals surface area contributed by atoms with Gasteiger partial charge in [-0.1, -0.05) is 36.4 Å². The van der Waals surface area contributed by atoms with Gasteiger partial charge in [-0.3, -0.25) is 4.90 Å². The summed E-state index contributed by atoms with van der Waals surface area (Å²) in [5.41, 5.74) is 1.23. The smallest absolute Gasteiger partial charge is 0.325 e. The number of hydrogen-bond acceptors (Lipinski definition) is 2. The topological polar surface area (TPSA) is 41.6 Å². The van der Waals surface area contributed by atoms with Crippen molar-refractivity contribution < 1.29 is 9.53 Å². The third-order valence-corrected chi connectivity index (χ3v) is 4.20. The maximum atomic E-state index is 12.6. The standard InChI is InChI=1S/C17H16N2O2/c1-17-11-14(13-9-5-6-10-15(13)21-17)18-16(20)19(17)12-7-3-2-4-8-12/h2-10,14H,11H2,1H3,(H,18,20). The molecule has 2 unspecified atom stereocenters. The van der Waals surface area contributed by atoms with Gasteiger partial charge < -0.3 is 10.1 Å². The average molecular weight is 280 g/mol. The van der Waals surface area contributed by atoms with Crippen molar-refractivity contribution in [2.24, 2.45) is 0 Å². The number of hydrogen-bond donors (Lipinski definition) is 1. The molecule has 2 aliphatic heterocycles. The van der Waals surface area contributed by atoms with E-state index in [0.29, 0.717) is 0 Å². The largest absolute Gasteiger partial charge is 0.467 e. The van der Waals surface area contributed by atoms with Crippen molar-refractivity contribution in [3.8, 4) is 5.75 Å². The van der Waals surface area contributed by atoms with Crippen molar-refractivity contribution >= 4 is 11.7 Å². The Morgan fingerprint density at radius 3 is 2.67 bits per heavy atom. The van der Waals surface area contributed by atoms with Crippen LogP contribution in [-0.2, 0) is 0 Å². The van der Waals surface area contributed by atoms with Gasteiger partial charge in [0.05, 0.1) is 6.04 Å². The second kappa shape index (κ2) is 4.25. The second-order valence-corrected chi connectivity index (χ2v) is 5.69. The zero-order chi connectivity index (χ0) is 14.4. The highest BCUT2D eigenvalue weighted by Crippen LogP contribution is 2.45. The minimum absolute atomic E-state index is 0.00686. The van der Waals surface area contributed by atoms with Gasteiger partial charge in [0.15, 0.2) is 5.72 Å². The van der Waals surface area contributed by atoms with E-state index in [0.717, 1.165) is 23.4 Å². The lowest BCUT2D eigenvalue weighted by Gasteiger charge is -2.50. The SMILES string of the molecule is CC12CC(NC(=O)N1c1ccccc1)c1ccccc1O2. The molecule has 0 saturated carbocycles. The molecule has 0 aliphatic carbocycles. The van der Waals surface area contributed by atoms with Crippen LogP contribution in [-0.4, -0.2) is 11.8 Å². The van der Waals surface area contributed by atoms with Crippen LogP contribution in [0.15, 0.2) is 54.6 Å². The predicted molar refractivity (Wildman–Crippen MR) is 80.3 cm³/mol. The molecule has 4 heteroatoms. The molecule has 0 radical (unpaired) electrons. The summed E-state index contributed by atoms with van der Waals surface area (Å²) >= 11 is 0. The number of urea groups is 1. The van der Waals surface area contributed by atoms with Gasteiger partial charge >= 0.3 is 6.03 Å². The molecule has 1 saturated heterocycles. The number of amides is 2. The molecule has 2 heterocycles. The fourth-order valence-electron chi connectivity index (χ4n) is 3.29. The summed E-state index contributed by atoms with van der Waals surface area (Å²) in [6.45, 7) is 1.97. The summed E-state index contributed by atoms with van der Waals surface area (Å²) in [6, 6.07) is 17.4. The van der Waals surface area contributed by atoms with Crippen LogP contribution in [0.2, 0.25) is 0 Å². The second-order valence-electron chi connectivity index (χ2n) is 5.69. The van der Waals surface area contributed by atoms with E-state index in [9.17, 15) is 4.79 Å². The summed E-state index contributed by atoms with van der Waals surface area (Å²) in [7, 11) is 0. The number of anilines is 1. The summed E-state index contributed by atoms with van der Waals surface area (Å²) < 4.78 is 6.19. The molecule has 1 fully saturated rings. The quantitative estimate of drug-likeness (QED) is 0.869. The molecule has 2 aliphatic rings. The van der Waals surface area contributed by atoms with E-state index >= 15 is 0 Å². The van der Waals surface area contributed by atoms with Crippen molar-refractivity contribution in [1.29, 1.82) is 0 Å². The first-order valence-corrected chi connectivity index (χ1v) is 7.11. The summed E-state index contributed by atoms with van der Waals surface area (Å²) in [4.78, 5) is 14.3. The molecule has 2 atom stereocenters. The average Bonchev–Trinajstić information content (AvgIpc) is 2.47. The Hall–Kier alpha value is -2.49. The third kappa shape index (κ3) is 1.79. The maximum absolute atomic E-state index is 12.6. The van der Waals surface area contributed by atoms with E-state index in [2.05, 4.69) is 5.32 Å². The molecule has 106 valence electrons. The van der Waals surface area contributed by atoms with E-state index in [1.165, 1.54) is 0 Å². The number of fused-ring (bicyclic) bond motifs is 4. The molecular formula is C17H16N2O2. The van der Waals surface area contributed by atoms with Gasteiger partial charge in [0.1, 0.15) is 5.75 Å². The van der Waals surface area contributed by atoms with E-state index in [-0.39, 0.29) is 12.1 Å². The number of nitrogens with one attached hydrogen (secondary N) is 1. The Labute approximate surface area is 123 Å². The Morgan fingerprint density at radius 1 is 1.14 bits per heavy atom. The van der Waals surface area contributed by atoms with Crippen LogP contribution in [0.4, 0.5) is 10.5 Å². The summed E-state index contributed by atoms with van der Waals surface area (Å²) in [5.74, 6) is 0.845. The molecule has 4 rings (SSSR count). The van der Waals surface area contributed by atoms with Crippen LogP contribution in [0.1, 0.15) is 24.9 Å². The fourth-order valence-corrected chi connectivity index (χ4v) is 3.29. The minimum atomic E-state index is -0.664. The highest BCUT2D eigenvalue weighted by Gasteiger charge is 2.49. The number of carbonyl (C=O) groups is 1. The van der Waals surface area contributed by atoms with Crippen LogP contribution in [0.5, 0.6) is 5.75 Å². The van der Waals surface area contributed by atoms with Crippen LogP contribution < -0.4 is 15.0 Å². The van der Waals surface area contributed by atoms with E-state index < -0.39 is 5.72 Å². The number of benzene rings is 2. The Morgan fingerprint density at radius 2 is 1.86 bits per heavy atom. The molecule has 0 aromatic heterocycles. The molecule has 2 aromatic rings. The van der Waals surface area contributed by atoms with E-state index in [1.807, 2.05) is 61.5 Å². The van der Waals surface area contributed by atoms with Crippen LogP contribution in [0, 0.1) is 0 Å². The molecule has 2 amide bonds. The molecule has 0 spiro atoms. The fraction of sp³-hybridized carbons (Fsp3) is 0.235. The molecule has 2 bridgehead atoms. The first-order valence-electron chi connectivity index (χ1n) is 7.11. The molecular weight excluding hydrogens is 264 g/mol. The predicted octanol–water partition coefficient (Wildman–Crippen LogP) is 3.46. The monoisotopic (exact) mass is 280 g/mol. The Kier molecular flexibility index (Phi) is 2.48. The van der Waals surface area contributed by atoms with E-state index in [4.69, 9.17) is 4.74 Å². The number of para-hydroxylation sites is 2. The van der Waals surface area contributed by atoms with Gasteiger partial charge in [-0.25, -0.2) is 4.79 Å². The van der Waals surface area contributed by atoms with Gasteiger partial charge in [0.2, 0.25) is 0 Å². The molecule has 1 N–H and O–H groups in total. The highest BCUT2D eigenvalue weighted by molar-refractivity contribution is 5.94. The lowest BCUT2D eigenvalue weighted by Crippen LogP contribution is -2.65. The Balaban J connectivity index is 1.82. The Bertz CT molecular complexity index is 701. The third-order valence-electron chi connectivity index (χ3n) is 4.20. The first-order chi connectivity index (χ1) is 10.2. The zero-order valence-electron chi connectivity index (χ0n) is 11.7. The molecule has 2 aromatic carbocycles.